The van der Waals surface area contributed by atoms with E-state index in [1.165, 1.54) is 12.1 Å². The maximum absolute atomic E-state index is 12.6. The minimum Gasteiger partial charge on any atom is -0.479 e. The standard InChI is InChI=1S/C19H17N3O7/c1-3-28-19(25)12-6-11(7-14(8-12)22(26)27)18(24)20-13-4-5-16-15(9-13)21-17(23)10(2)29-16/h4-10H,3H2,1-2H3,(H,20,24)(H,21,23). The summed E-state index contributed by atoms with van der Waals surface area (Å²) in [4.78, 5) is 46.7. The molecule has 0 bridgehead atoms. The summed E-state index contributed by atoms with van der Waals surface area (Å²) < 4.78 is 10.3. The SMILES string of the molecule is CCOC(=O)c1cc(C(=O)Nc2ccc3c(c2)NC(=O)C(C)O3)cc([N+](=O)[O-])c1. The highest BCUT2D eigenvalue weighted by atomic mass is 16.6. The summed E-state index contributed by atoms with van der Waals surface area (Å²) in [5, 5.41) is 16.4. The van der Waals surface area contributed by atoms with Crippen molar-refractivity contribution in [3.05, 3.63) is 57.6 Å². The van der Waals surface area contributed by atoms with Crippen LogP contribution in [0.4, 0.5) is 17.1 Å². The lowest BCUT2D eigenvalue weighted by Crippen LogP contribution is -2.34. The summed E-state index contributed by atoms with van der Waals surface area (Å²) in [7, 11) is 0. The average molecular weight is 399 g/mol. The first-order chi connectivity index (χ1) is 13.8. The number of ether oxygens (including phenoxy) is 2. The molecular formula is C19H17N3O7. The first kappa shape index (κ1) is 19.8. The zero-order valence-corrected chi connectivity index (χ0v) is 15.6. The maximum Gasteiger partial charge on any atom is 0.338 e. The van der Waals surface area contributed by atoms with Crippen molar-refractivity contribution < 1.29 is 28.8 Å². The van der Waals surface area contributed by atoms with Gasteiger partial charge in [-0.2, -0.15) is 0 Å². The van der Waals surface area contributed by atoms with E-state index in [4.69, 9.17) is 9.47 Å². The molecule has 0 aliphatic carbocycles. The van der Waals surface area contributed by atoms with Gasteiger partial charge in [0.1, 0.15) is 5.75 Å². The van der Waals surface area contributed by atoms with Crippen LogP contribution in [0.2, 0.25) is 0 Å². The number of rotatable bonds is 5. The Morgan fingerprint density at radius 3 is 2.66 bits per heavy atom. The number of benzene rings is 2. The predicted octanol–water partition coefficient (Wildman–Crippen LogP) is 2.74. The smallest absolute Gasteiger partial charge is 0.338 e. The van der Waals surface area contributed by atoms with Gasteiger partial charge in [0.05, 0.1) is 22.8 Å². The molecule has 10 heteroatoms. The molecule has 0 saturated heterocycles. The number of esters is 1. The van der Waals surface area contributed by atoms with Crippen LogP contribution >= 0.6 is 0 Å². The molecule has 1 heterocycles. The van der Waals surface area contributed by atoms with Crippen LogP contribution in [-0.4, -0.2) is 35.4 Å². The van der Waals surface area contributed by atoms with Gasteiger partial charge < -0.3 is 20.1 Å². The number of non-ortho nitro benzene ring substituents is 1. The Hall–Kier alpha value is -3.95. The van der Waals surface area contributed by atoms with E-state index in [9.17, 15) is 24.5 Å². The van der Waals surface area contributed by atoms with Gasteiger partial charge in [-0.05, 0) is 38.1 Å². The third-order valence-electron chi connectivity index (χ3n) is 4.07. The van der Waals surface area contributed by atoms with Crippen molar-refractivity contribution in [1.29, 1.82) is 0 Å². The van der Waals surface area contributed by atoms with E-state index in [1.54, 1.807) is 26.0 Å². The molecule has 0 aromatic heterocycles. The molecule has 2 aromatic carbocycles. The monoisotopic (exact) mass is 399 g/mol. The molecule has 0 radical (unpaired) electrons. The van der Waals surface area contributed by atoms with Gasteiger partial charge in [0, 0.05) is 23.4 Å². The Bertz CT molecular complexity index is 1020. The number of nitro benzene ring substituents is 1. The first-order valence-corrected chi connectivity index (χ1v) is 8.68. The number of carbonyl (C=O) groups is 3. The number of fused-ring (bicyclic) bond motifs is 1. The van der Waals surface area contributed by atoms with Crippen molar-refractivity contribution in [2.45, 2.75) is 20.0 Å². The lowest BCUT2D eigenvalue weighted by molar-refractivity contribution is -0.384. The van der Waals surface area contributed by atoms with Crippen molar-refractivity contribution in [2.24, 2.45) is 0 Å². The topological polar surface area (TPSA) is 137 Å². The van der Waals surface area contributed by atoms with Crippen LogP contribution in [0.3, 0.4) is 0 Å². The van der Waals surface area contributed by atoms with E-state index in [-0.39, 0.29) is 23.6 Å². The molecule has 150 valence electrons. The first-order valence-electron chi connectivity index (χ1n) is 8.68. The van der Waals surface area contributed by atoms with Crippen LogP contribution in [0.1, 0.15) is 34.6 Å². The second kappa shape index (κ2) is 7.97. The van der Waals surface area contributed by atoms with Crippen LogP contribution in [0.15, 0.2) is 36.4 Å². The molecule has 0 spiro atoms. The largest absolute Gasteiger partial charge is 0.479 e. The lowest BCUT2D eigenvalue weighted by atomic mass is 10.1. The van der Waals surface area contributed by atoms with Gasteiger partial charge >= 0.3 is 5.97 Å². The Kier molecular flexibility index (Phi) is 5.44. The van der Waals surface area contributed by atoms with E-state index in [1.807, 2.05) is 0 Å². The van der Waals surface area contributed by atoms with E-state index in [0.717, 1.165) is 12.1 Å². The summed E-state index contributed by atoms with van der Waals surface area (Å²) >= 11 is 0. The van der Waals surface area contributed by atoms with Gasteiger partial charge in [0.25, 0.3) is 17.5 Å². The van der Waals surface area contributed by atoms with Crippen LogP contribution in [-0.2, 0) is 9.53 Å². The minimum absolute atomic E-state index is 0.0879. The fraction of sp³-hybridized carbons (Fsp3) is 0.211. The van der Waals surface area contributed by atoms with Crippen LogP contribution in [0, 0.1) is 10.1 Å². The summed E-state index contributed by atoms with van der Waals surface area (Å²) in [6.45, 7) is 3.30. The highest BCUT2D eigenvalue weighted by Gasteiger charge is 2.24. The number of amides is 2. The molecular weight excluding hydrogens is 382 g/mol. The second-order valence-corrected chi connectivity index (χ2v) is 6.16. The van der Waals surface area contributed by atoms with Gasteiger partial charge in [0.15, 0.2) is 6.10 Å². The molecule has 0 saturated carbocycles. The van der Waals surface area contributed by atoms with Crippen LogP contribution in [0.5, 0.6) is 5.75 Å². The number of anilines is 2. The third kappa shape index (κ3) is 4.32. The fourth-order valence-electron chi connectivity index (χ4n) is 2.67. The maximum atomic E-state index is 12.6. The van der Waals surface area contributed by atoms with Gasteiger partial charge in [0.2, 0.25) is 0 Å². The molecule has 2 amide bonds. The minimum atomic E-state index is -0.770. The Labute approximate surface area is 165 Å². The van der Waals surface area contributed by atoms with E-state index in [0.29, 0.717) is 17.1 Å². The Balaban J connectivity index is 1.87. The van der Waals surface area contributed by atoms with E-state index in [2.05, 4.69) is 10.6 Å². The molecule has 29 heavy (non-hydrogen) atoms. The summed E-state index contributed by atoms with van der Waals surface area (Å²) in [5.41, 5.74) is 0.106. The normalized spacial score (nSPS) is 14.8. The molecule has 2 aromatic rings. The summed E-state index contributed by atoms with van der Waals surface area (Å²) in [6.07, 6.45) is -0.630. The number of nitro groups is 1. The molecule has 1 unspecified atom stereocenters. The highest BCUT2D eigenvalue weighted by molar-refractivity contribution is 6.07. The molecule has 3 rings (SSSR count). The van der Waals surface area contributed by atoms with Gasteiger partial charge in [-0.3, -0.25) is 19.7 Å². The second-order valence-electron chi connectivity index (χ2n) is 6.16. The summed E-state index contributed by atoms with van der Waals surface area (Å²) in [6, 6.07) is 7.96. The Morgan fingerprint density at radius 2 is 1.97 bits per heavy atom. The van der Waals surface area contributed by atoms with Gasteiger partial charge in [-0.1, -0.05) is 0 Å². The summed E-state index contributed by atoms with van der Waals surface area (Å²) in [5.74, 6) is -1.31. The molecule has 1 aliphatic rings. The molecule has 1 atom stereocenters. The molecule has 0 fully saturated rings. The Morgan fingerprint density at radius 1 is 1.24 bits per heavy atom. The van der Waals surface area contributed by atoms with Crippen molar-refractivity contribution >= 4 is 34.8 Å². The third-order valence-corrected chi connectivity index (χ3v) is 4.07. The highest BCUT2D eigenvalue weighted by Crippen LogP contribution is 2.32. The molecule has 1 aliphatic heterocycles. The van der Waals surface area contributed by atoms with Crippen molar-refractivity contribution in [2.75, 3.05) is 17.2 Å². The van der Waals surface area contributed by atoms with E-state index >= 15 is 0 Å². The lowest BCUT2D eigenvalue weighted by Gasteiger charge is -2.23. The zero-order chi connectivity index (χ0) is 21.1. The van der Waals surface area contributed by atoms with Gasteiger partial charge in [-0.15, -0.1) is 0 Å². The van der Waals surface area contributed by atoms with Crippen LogP contribution in [0.25, 0.3) is 0 Å². The molecule has 2 N–H and O–H groups in total. The van der Waals surface area contributed by atoms with E-state index < -0.39 is 28.6 Å². The quantitative estimate of drug-likeness (QED) is 0.448. The predicted molar refractivity (Wildman–Crippen MR) is 102 cm³/mol. The van der Waals surface area contributed by atoms with Crippen molar-refractivity contribution in [3.63, 3.8) is 0 Å². The number of hydrogen-bond acceptors (Lipinski definition) is 7. The number of nitrogens with one attached hydrogen (secondary N) is 2. The average Bonchev–Trinajstić information content (AvgIpc) is 2.68. The van der Waals surface area contributed by atoms with Crippen molar-refractivity contribution in [1.82, 2.24) is 0 Å². The van der Waals surface area contributed by atoms with Crippen LogP contribution < -0.4 is 15.4 Å². The number of nitrogens with zero attached hydrogens (tertiary/aromatic N) is 1. The number of carbonyl (C=O) groups excluding carboxylic acids is 3. The zero-order valence-electron chi connectivity index (χ0n) is 15.6. The van der Waals surface area contributed by atoms with Gasteiger partial charge in [-0.25, -0.2) is 4.79 Å². The number of hydrogen-bond donors (Lipinski definition) is 2. The van der Waals surface area contributed by atoms with Crippen molar-refractivity contribution in [3.8, 4) is 5.75 Å². The fourth-order valence-corrected chi connectivity index (χ4v) is 2.67. The molecule has 10 nitrogen and oxygen atoms in total.